The van der Waals surface area contributed by atoms with E-state index in [1.165, 1.54) is 35.8 Å². The van der Waals surface area contributed by atoms with Gasteiger partial charge in [0.1, 0.15) is 42.9 Å². The van der Waals surface area contributed by atoms with Crippen LogP contribution in [0.3, 0.4) is 0 Å². The molecule has 274 valence electrons. The average molecular weight is 705 g/mol. The highest BCUT2D eigenvalue weighted by Crippen LogP contribution is 2.25. The van der Waals surface area contributed by atoms with Crippen LogP contribution in [0.2, 0.25) is 0 Å². The van der Waals surface area contributed by atoms with Gasteiger partial charge in [0.25, 0.3) is 0 Å². The molecule has 0 aromatic heterocycles. The van der Waals surface area contributed by atoms with Gasteiger partial charge in [-0.2, -0.15) is 0 Å². The maximum atomic E-state index is 14.1. The number of fused-ring (bicyclic) bond motifs is 2. The van der Waals surface area contributed by atoms with Crippen molar-refractivity contribution in [2.75, 3.05) is 19.7 Å². The molecule has 4 N–H and O–H groups in total. The largest absolute Gasteiger partial charge is 0.461 e. The van der Waals surface area contributed by atoms with Gasteiger partial charge in [0.2, 0.25) is 35.4 Å². The molecule has 1 unspecified atom stereocenters. The third-order valence-electron chi connectivity index (χ3n) is 9.08. The molecular weight excluding hydrogens is 656 g/mol. The second kappa shape index (κ2) is 18.1. The lowest BCUT2D eigenvalue weighted by Crippen LogP contribution is -2.60. The van der Waals surface area contributed by atoms with Gasteiger partial charge in [-0.1, -0.05) is 67.6 Å². The van der Waals surface area contributed by atoms with E-state index in [0.717, 1.165) is 5.56 Å². The van der Waals surface area contributed by atoms with Crippen LogP contribution in [0.15, 0.2) is 66.8 Å². The summed E-state index contributed by atoms with van der Waals surface area (Å²) >= 11 is 0. The van der Waals surface area contributed by atoms with Crippen molar-refractivity contribution in [2.45, 2.75) is 89.6 Å². The first-order valence-corrected chi connectivity index (χ1v) is 17.4. The predicted molar refractivity (Wildman–Crippen MR) is 187 cm³/mol. The van der Waals surface area contributed by atoms with Gasteiger partial charge in [-0.3, -0.25) is 28.8 Å². The van der Waals surface area contributed by atoms with E-state index in [9.17, 15) is 33.6 Å². The van der Waals surface area contributed by atoms with Gasteiger partial charge in [0, 0.05) is 25.6 Å². The summed E-state index contributed by atoms with van der Waals surface area (Å²) in [5.74, 6) is -4.40. The minimum Gasteiger partial charge on any atom is -0.461 e. The zero-order chi connectivity index (χ0) is 37.1. The highest BCUT2D eigenvalue weighted by atomic mass is 16.5. The number of nitrogens with one attached hydrogen (secondary N) is 4. The Morgan fingerprint density at radius 1 is 0.902 bits per heavy atom. The Labute approximate surface area is 298 Å². The van der Waals surface area contributed by atoms with Gasteiger partial charge in [-0.15, -0.1) is 0 Å². The van der Waals surface area contributed by atoms with E-state index in [2.05, 4.69) is 21.3 Å². The fraction of sp³-hybridized carbons (Fsp3) is 0.486. The van der Waals surface area contributed by atoms with Crippen molar-refractivity contribution in [2.24, 2.45) is 5.92 Å². The molecule has 1 aromatic carbocycles. The highest BCUT2D eigenvalue weighted by Gasteiger charge is 2.43. The van der Waals surface area contributed by atoms with Gasteiger partial charge in [0.05, 0.1) is 0 Å². The van der Waals surface area contributed by atoms with Crippen LogP contribution in [0.4, 0.5) is 0 Å². The normalized spacial score (nSPS) is 27.3. The monoisotopic (exact) mass is 704 g/mol. The number of rotatable bonds is 8. The molecule has 0 spiro atoms. The van der Waals surface area contributed by atoms with Crippen LogP contribution < -0.4 is 21.3 Å². The van der Waals surface area contributed by atoms with E-state index >= 15 is 0 Å². The summed E-state index contributed by atoms with van der Waals surface area (Å²) in [5.41, 5.74) is 0.745. The summed E-state index contributed by atoms with van der Waals surface area (Å²) in [4.78, 5) is 96.9. The fourth-order valence-corrected chi connectivity index (χ4v) is 6.41. The predicted octanol–water partition coefficient (Wildman–Crippen LogP) is 0.681. The van der Waals surface area contributed by atoms with Crippen molar-refractivity contribution < 1.29 is 38.3 Å². The van der Waals surface area contributed by atoms with Crippen molar-refractivity contribution in [3.05, 3.63) is 72.4 Å². The Morgan fingerprint density at radius 2 is 1.61 bits per heavy atom. The summed E-state index contributed by atoms with van der Waals surface area (Å²) in [6, 6.07) is 2.51. The van der Waals surface area contributed by atoms with Crippen LogP contribution in [0, 0.1) is 5.92 Å². The van der Waals surface area contributed by atoms with E-state index in [-0.39, 0.29) is 25.4 Å². The van der Waals surface area contributed by atoms with E-state index < -0.39 is 84.3 Å². The number of ether oxygens (including phenoxy) is 1. The average Bonchev–Trinajstić information content (AvgIpc) is 3.76. The molecule has 7 atom stereocenters. The van der Waals surface area contributed by atoms with Gasteiger partial charge in [0.15, 0.2) is 0 Å². The van der Waals surface area contributed by atoms with Gasteiger partial charge >= 0.3 is 5.97 Å². The van der Waals surface area contributed by atoms with E-state index in [0.29, 0.717) is 19.3 Å². The van der Waals surface area contributed by atoms with Crippen molar-refractivity contribution in [1.82, 2.24) is 31.1 Å². The quantitative estimate of drug-likeness (QED) is 0.173. The SMILES string of the molecule is C/C=C/C=C/C=C/C(=O)N[C@@H](Cc1ccccc1)C(=O)N[C@H]1COC(=O)[C@@H]2CC(C)CN2C(=O)[C@H](C)NC(=O)[C@H](C)NC(=O)[C@@H]2CCCN2C1=O. The van der Waals surface area contributed by atoms with Gasteiger partial charge in [-0.05, 0) is 51.5 Å². The summed E-state index contributed by atoms with van der Waals surface area (Å²) in [5, 5.41) is 10.6. The van der Waals surface area contributed by atoms with Crippen LogP contribution in [-0.2, 0) is 44.7 Å². The molecule has 3 aliphatic heterocycles. The number of nitrogens with zero attached hydrogens (tertiary/aromatic N) is 2. The topological polar surface area (TPSA) is 183 Å². The standard InChI is InChI=1S/C37H48N6O8/c1-5-6-7-8-12-17-31(44)40-27(20-26-14-10-9-11-15-26)33(46)41-28-22-51-37(50)30-19-23(2)21-43(30)35(48)25(4)39-32(45)24(3)38-34(47)29-16-13-18-42(29)36(28)49/h5-12,14-15,17,23-25,27-30H,13,16,18-22H2,1-4H3,(H,38,47)(H,39,45)(H,40,44)(H,41,46)/b6-5+,8-7+,17-12+/t23?,24-,25-,27-,28-,29-,30-/m0/s1. The van der Waals surface area contributed by atoms with E-state index in [1.807, 2.05) is 26.0 Å². The smallest absolute Gasteiger partial charge is 0.328 e. The molecule has 0 radical (unpaired) electrons. The highest BCUT2D eigenvalue weighted by molar-refractivity contribution is 5.98. The molecule has 0 aliphatic carbocycles. The minimum absolute atomic E-state index is 0.0489. The lowest BCUT2D eigenvalue weighted by Gasteiger charge is -2.31. The number of esters is 1. The number of allylic oxidation sites excluding steroid dienone is 5. The molecule has 51 heavy (non-hydrogen) atoms. The van der Waals surface area contributed by atoms with Crippen molar-refractivity contribution in [1.29, 1.82) is 0 Å². The van der Waals surface area contributed by atoms with Crippen LogP contribution in [0.5, 0.6) is 0 Å². The van der Waals surface area contributed by atoms with E-state index in [1.54, 1.807) is 42.5 Å². The summed E-state index contributed by atoms with van der Waals surface area (Å²) in [6.45, 7) is 6.58. The molecule has 14 nitrogen and oxygen atoms in total. The first-order chi connectivity index (χ1) is 24.4. The molecule has 3 aliphatic rings. The third kappa shape index (κ3) is 10.4. The molecule has 0 bridgehead atoms. The number of carbonyl (C=O) groups excluding carboxylic acids is 7. The lowest BCUT2D eigenvalue weighted by atomic mass is 10.0. The Hall–Kier alpha value is -5.27. The first-order valence-electron chi connectivity index (χ1n) is 17.4. The zero-order valence-electron chi connectivity index (χ0n) is 29.5. The molecule has 1 aromatic rings. The molecule has 3 fully saturated rings. The van der Waals surface area contributed by atoms with Crippen molar-refractivity contribution in [3.8, 4) is 0 Å². The number of benzene rings is 1. The number of hydrogen-bond acceptors (Lipinski definition) is 8. The summed E-state index contributed by atoms with van der Waals surface area (Å²) in [7, 11) is 0. The molecule has 6 amide bonds. The van der Waals surface area contributed by atoms with Gasteiger partial charge < -0.3 is 35.8 Å². The summed E-state index contributed by atoms with van der Waals surface area (Å²) in [6.07, 6.45) is 11.0. The Balaban J connectivity index is 1.63. The number of hydrogen-bond donors (Lipinski definition) is 4. The second-order valence-electron chi connectivity index (χ2n) is 13.2. The molecule has 0 saturated carbocycles. The zero-order valence-corrected chi connectivity index (χ0v) is 29.5. The molecule has 4 rings (SSSR count). The lowest BCUT2D eigenvalue weighted by molar-refractivity contribution is -0.157. The number of amides is 6. The second-order valence-corrected chi connectivity index (χ2v) is 13.2. The maximum absolute atomic E-state index is 14.1. The van der Waals surface area contributed by atoms with Gasteiger partial charge in [-0.25, -0.2) is 4.79 Å². The molecular formula is C37H48N6O8. The van der Waals surface area contributed by atoms with Crippen molar-refractivity contribution >= 4 is 41.4 Å². The van der Waals surface area contributed by atoms with Crippen LogP contribution >= 0.6 is 0 Å². The Bertz CT molecular complexity index is 1560. The van der Waals surface area contributed by atoms with E-state index in [4.69, 9.17) is 4.74 Å². The third-order valence-corrected chi connectivity index (χ3v) is 9.08. The fourth-order valence-electron chi connectivity index (χ4n) is 6.41. The molecule has 14 heteroatoms. The van der Waals surface area contributed by atoms with Crippen molar-refractivity contribution in [3.63, 3.8) is 0 Å². The van der Waals surface area contributed by atoms with Crippen LogP contribution in [0.25, 0.3) is 0 Å². The minimum atomic E-state index is -1.43. The molecule has 3 heterocycles. The Morgan fingerprint density at radius 3 is 2.33 bits per heavy atom. The number of carbonyl (C=O) groups is 7. The van der Waals surface area contributed by atoms with Crippen LogP contribution in [0.1, 0.15) is 52.5 Å². The number of cyclic esters (lactones) is 1. The first kappa shape index (κ1) is 38.5. The molecule has 3 saturated heterocycles. The summed E-state index contributed by atoms with van der Waals surface area (Å²) < 4.78 is 5.66. The van der Waals surface area contributed by atoms with Crippen LogP contribution in [-0.4, -0.2) is 107 Å². The maximum Gasteiger partial charge on any atom is 0.328 e. The Kier molecular flexibility index (Phi) is 13.7.